The highest BCUT2D eigenvalue weighted by Gasteiger charge is 2.26. The van der Waals surface area contributed by atoms with Crippen LogP contribution in [0, 0.1) is 6.92 Å². The van der Waals surface area contributed by atoms with E-state index in [-0.39, 0.29) is 0 Å². The third kappa shape index (κ3) is 7.90. The molecule has 5 nitrogen and oxygen atoms in total. The van der Waals surface area contributed by atoms with Crippen molar-refractivity contribution in [2.24, 2.45) is 0 Å². The molecule has 2 heterocycles. The van der Waals surface area contributed by atoms with Crippen molar-refractivity contribution >= 4 is 0 Å². The van der Waals surface area contributed by atoms with Gasteiger partial charge < -0.3 is 9.47 Å². The number of hydrogen-bond donors (Lipinski definition) is 0. The smallest absolute Gasteiger partial charge is 0.129 e. The predicted octanol–water partition coefficient (Wildman–Crippen LogP) is 4.62. The number of hydrogen-bond acceptors (Lipinski definition) is 4. The standard InChI is InChI=1S/C12H24N2.C10H11N3.C2H6/c1-2-7-13-8-4-9-14(11-10-13)12-5-3-6-12;1-9-12-11-8-13(9)7-10-5-3-2-4-6-10;1-2/h12H,2-11H2,1H3;2-6,8H,7H2,1H3;1-2H3. The predicted molar refractivity (Wildman–Crippen MR) is 122 cm³/mol. The molecule has 0 bridgehead atoms. The van der Waals surface area contributed by atoms with Crippen LogP contribution in [0.2, 0.25) is 0 Å². The number of benzene rings is 1. The van der Waals surface area contributed by atoms with Crippen molar-refractivity contribution in [3.63, 3.8) is 0 Å². The van der Waals surface area contributed by atoms with Crippen LogP contribution in [0.4, 0.5) is 0 Å². The maximum absolute atomic E-state index is 3.93. The Morgan fingerprint density at radius 1 is 0.966 bits per heavy atom. The lowest BCUT2D eigenvalue weighted by Gasteiger charge is -2.36. The van der Waals surface area contributed by atoms with Crippen LogP contribution >= 0.6 is 0 Å². The molecule has 0 amide bonds. The Bertz CT molecular complexity index is 650. The van der Waals surface area contributed by atoms with E-state index in [0.29, 0.717) is 0 Å². The molecule has 1 aromatic carbocycles. The van der Waals surface area contributed by atoms with Gasteiger partial charge in [-0.15, -0.1) is 10.2 Å². The van der Waals surface area contributed by atoms with E-state index < -0.39 is 0 Å². The topological polar surface area (TPSA) is 37.2 Å². The van der Waals surface area contributed by atoms with Crippen LogP contribution in [0.25, 0.3) is 0 Å². The van der Waals surface area contributed by atoms with Crippen LogP contribution in [0.3, 0.4) is 0 Å². The second-order valence-corrected chi connectivity index (χ2v) is 7.81. The van der Waals surface area contributed by atoms with Crippen LogP contribution < -0.4 is 0 Å². The van der Waals surface area contributed by atoms with Crippen molar-refractivity contribution in [3.8, 4) is 0 Å². The van der Waals surface area contributed by atoms with E-state index in [9.17, 15) is 0 Å². The van der Waals surface area contributed by atoms with Crippen molar-refractivity contribution in [3.05, 3.63) is 48.0 Å². The fraction of sp³-hybridized carbons (Fsp3) is 0.667. The minimum absolute atomic E-state index is 0.847. The third-order valence-corrected chi connectivity index (χ3v) is 5.76. The summed E-state index contributed by atoms with van der Waals surface area (Å²) in [6.45, 7) is 15.7. The van der Waals surface area contributed by atoms with Gasteiger partial charge in [0.15, 0.2) is 0 Å². The summed E-state index contributed by atoms with van der Waals surface area (Å²) < 4.78 is 2.02. The molecular formula is C24H41N5. The molecule has 1 aliphatic heterocycles. The molecule has 0 spiro atoms. The maximum Gasteiger partial charge on any atom is 0.129 e. The Morgan fingerprint density at radius 2 is 1.72 bits per heavy atom. The zero-order chi connectivity index (χ0) is 20.9. The monoisotopic (exact) mass is 399 g/mol. The van der Waals surface area contributed by atoms with Crippen molar-refractivity contribution in [2.75, 3.05) is 32.7 Å². The molecule has 0 radical (unpaired) electrons. The lowest BCUT2D eigenvalue weighted by atomic mass is 9.91. The Labute approximate surface area is 178 Å². The van der Waals surface area contributed by atoms with Crippen LogP contribution in [0.1, 0.15) is 64.3 Å². The lowest BCUT2D eigenvalue weighted by Crippen LogP contribution is -2.42. The molecule has 0 N–H and O–H groups in total. The normalized spacial score (nSPS) is 17.9. The molecule has 162 valence electrons. The molecule has 0 atom stereocenters. The Morgan fingerprint density at radius 3 is 2.31 bits per heavy atom. The van der Waals surface area contributed by atoms with Crippen LogP contribution in [-0.2, 0) is 6.54 Å². The van der Waals surface area contributed by atoms with Crippen LogP contribution in [0.15, 0.2) is 36.7 Å². The first-order valence-corrected chi connectivity index (χ1v) is 11.6. The summed E-state index contributed by atoms with van der Waals surface area (Å²) in [5, 5.41) is 7.76. The molecule has 0 unspecified atom stereocenters. The molecule has 5 heteroatoms. The van der Waals surface area contributed by atoms with Gasteiger partial charge in [0.1, 0.15) is 12.2 Å². The molecule has 1 aromatic heterocycles. The highest BCUT2D eigenvalue weighted by atomic mass is 15.3. The second-order valence-electron chi connectivity index (χ2n) is 7.81. The van der Waals surface area contributed by atoms with Gasteiger partial charge in [-0.05, 0) is 57.8 Å². The second kappa shape index (κ2) is 13.5. The molecule has 29 heavy (non-hydrogen) atoms. The minimum atomic E-state index is 0.847. The van der Waals surface area contributed by atoms with Gasteiger partial charge in [0, 0.05) is 19.1 Å². The SMILES string of the molecule is CC.CCCN1CCCN(C2CCC2)CC1.Cc1nncn1Cc1ccccc1. The van der Waals surface area contributed by atoms with Crippen LogP contribution in [-0.4, -0.2) is 63.3 Å². The molecule has 1 aliphatic carbocycles. The van der Waals surface area contributed by atoms with E-state index >= 15 is 0 Å². The lowest BCUT2D eigenvalue weighted by molar-refractivity contribution is 0.131. The molecule has 2 aliphatic rings. The first kappa shape index (κ1) is 23.6. The van der Waals surface area contributed by atoms with Crippen molar-refractivity contribution in [2.45, 2.75) is 72.4 Å². The van der Waals surface area contributed by atoms with E-state index in [1.54, 1.807) is 6.33 Å². The van der Waals surface area contributed by atoms with E-state index in [4.69, 9.17) is 0 Å². The van der Waals surface area contributed by atoms with Crippen LogP contribution in [0.5, 0.6) is 0 Å². The zero-order valence-corrected chi connectivity index (χ0v) is 19.1. The molecule has 1 saturated heterocycles. The summed E-state index contributed by atoms with van der Waals surface area (Å²) in [6, 6.07) is 11.2. The van der Waals surface area contributed by atoms with Gasteiger partial charge in [0.25, 0.3) is 0 Å². The summed E-state index contributed by atoms with van der Waals surface area (Å²) in [6.07, 6.45) is 8.85. The number of aromatic nitrogens is 3. The fourth-order valence-corrected chi connectivity index (χ4v) is 3.90. The van der Waals surface area contributed by atoms with Gasteiger partial charge in [-0.1, -0.05) is 57.5 Å². The molecular weight excluding hydrogens is 358 g/mol. The molecule has 2 aromatic rings. The highest BCUT2D eigenvalue weighted by Crippen LogP contribution is 2.25. The van der Waals surface area contributed by atoms with Gasteiger partial charge in [-0.3, -0.25) is 4.90 Å². The highest BCUT2D eigenvalue weighted by molar-refractivity contribution is 5.15. The maximum atomic E-state index is 3.93. The van der Waals surface area contributed by atoms with Gasteiger partial charge in [-0.25, -0.2) is 0 Å². The van der Waals surface area contributed by atoms with E-state index in [1.807, 2.05) is 43.5 Å². The third-order valence-electron chi connectivity index (χ3n) is 5.76. The average molecular weight is 400 g/mol. The number of nitrogens with zero attached hydrogens (tertiary/aromatic N) is 5. The Balaban J connectivity index is 0.000000191. The summed E-state index contributed by atoms with van der Waals surface area (Å²) in [5.41, 5.74) is 1.27. The molecule has 1 saturated carbocycles. The Hall–Kier alpha value is -1.72. The number of rotatable bonds is 5. The molecule has 2 fully saturated rings. The van der Waals surface area contributed by atoms with E-state index in [1.165, 1.54) is 70.4 Å². The molecule has 4 rings (SSSR count). The zero-order valence-electron chi connectivity index (χ0n) is 19.1. The van der Waals surface area contributed by atoms with Crippen molar-refractivity contribution in [1.29, 1.82) is 0 Å². The van der Waals surface area contributed by atoms with Gasteiger partial charge >= 0.3 is 0 Å². The van der Waals surface area contributed by atoms with Crippen molar-refractivity contribution < 1.29 is 0 Å². The first-order chi connectivity index (χ1) is 14.3. The van der Waals surface area contributed by atoms with Gasteiger partial charge in [-0.2, -0.15) is 0 Å². The van der Waals surface area contributed by atoms with E-state index in [2.05, 4.69) is 39.1 Å². The summed E-state index contributed by atoms with van der Waals surface area (Å²) in [7, 11) is 0. The van der Waals surface area contributed by atoms with Crippen molar-refractivity contribution in [1.82, 2.24) is 24.6 Å². The largest absolute Gasteiger partial charge is 0.313 e. The Kier molecular flexibility index (Phi) is 11.0. The summed E-state index contributed by atoms with van der Waals surface area (Å²) in [5.74, 6) is 0.948. The minimum Gasteiger partial charge on any atom is -0.313 e. The van der Waals surface area contributed by atoms with E-state index in [0.717, 1.165) is 18.4 Å². The number of aryl methyl sites for hydroxylation is 1. The summed E-state index contributed by atoms with van der Waals surface area (Å²) >= 11 is 0. The first-order valence-electron chi connectivity index (χ1n) is 11.6. The fourth-order valence-electron chi connectivity index (χ4n) is 3.90. The van der Waals surface area contributed by atoms with Gasteiger partial charge in [0.05, 0.1) is 6.54 Å². The summed E-state index contributed by atoms with van der Waals surface area (Å²) in [4.78, 5) is 5.37. The quantitative estimate of drug-likeness (QED) is 0.735. The average Bonchev–Trinajstić information content (AvgIpc) is 2.97. The van der Waals surface area contributed by atoms with Gasteiger partial charge in [0.2, 0.25) is 0 Å².